The summed E-state index contributed by atoms with van der Waals surface area (Å²) >= 11 is 3.45. The summed E-state index contributed by atoms with van der Waals surface area (Å²) < 4.78 is 10.0. The Bertz CT molecular complexity index is 1870. The molecule has 11 heteroatoms. The number of pyridine rings is 1. The third kappa shape index (κ3) is 5.66. The molecule has 10 nitrogen and oxygen atoms in total. The van der Waals surface area contributed by atoms with E-state index < -0.39 is 10.3 Å². The summed E-state index contributed by atoms with van der Waals surface area (Å²) in [5.74, 6) is 1.37. The van der Waals surface area contributed by atoms with Crippen LogP contribution in [0.25, 0.3) is 16.6 Å². The molecule has 2 aromatic carbocycles. The highest BCUT2D eigenvalue weighted by atomic mass is 79.9. The van der Waals surface area contributed by atoms with Crippen LogP contribution in [-0.4, -0.2) is 30.3 Å². The van der Waals surface area contributed by atoms with Gasteiger partial charge in [-0.2, -0.15) is 9.78 Å². The molecule has 0 saturated heterocycles. The molecule has 0 aliphatic carbocycles. The third-order valence-electron chi connectivity index (χ3n) is 6.51. The SMILES string of the molecule is Cc1cc(C=Nn2c(C(C)(C)C)nc3ccc(Br)cc3c2=O)c(C)n1-c1ccc(Oc2ccc([N+](=O)[O-])cn2)cc1. The van der Waals surface area contributed by atoms with Gasteiger partial charge in [0, 0.05) is 44.7 Å². The number of rotatable bonds is 6. The molecule has 0 radical (unpaired) electrons. The summed E-state index contributed by atoms with van der Waals surface area (Å²) in [5, 5.41) is 16.0. The number of aromatic nitrogens is 4. The van der Waals surface area contributed by atoms with Gasteiger partial charge in [0.1, 0.15) is 17.8 Å². The molecule has 0 saturated carbocycles. The van der Waals surface area contributed by atoms with Crippen molar-refractivity contribution >= 4 is 38.7 Å². The Morgan fingerprint density at radius 2 is 1.78 bits per heavy atom. The number of nitrogens with zero attached hydrogens (tertiary/aromatic N) is 6. The topological polar surface area (TPSA) is 117 Å². The van der Waals surface area contributed by atoms with Crippen LogP contribution in [0.3, 0.4) is 0 Å². The molecule has 3 heterocycles. The highest BCUT2D eigenvalue weighted by molar-refractivity contribution is 9.10. The standard InChI is InChI=1S/C30H27BrN6O4/c1-18-14-20(16-33-36-28(38)25-15-21(31)6-12-26(25)34-29(36)30(3,4)5)19(2)35(18)22-7-10-24(11-8-22)41-27-13-9-23(17-32-27)37(39)40/h6-17H,1-5H3. The zero-order chi connectivity index (χ0) is 29.5. The molecule has 41 heavy (non-hydrogen) atoms. The summed E-state index contributed by atoms with van der Waals surface area (Å²) in [6.07, 6.45) is 2.85. The fourth-order valence-electron chi connectivity index (χ4n) is 4.50. The molecular weight excluding hydrogens is 588 g/mol. The van der Waals surface area contributed by atoms with Gasteiger partial charge in [-0.1, -0.05) is 36.7 Å². The van der Waals surface area contributed by atoms with Gasteiger partial charge < -0.3 is 9.30 Å². The second-order valence-electron chi connectivity index (χ2n) is 10.6. The van der Waals surface area contributed by atoms with E-state index in [1.54, 1.807) is 24.4 Å². The van der Waals surface area contributed by atoms with Crippen LogP contribution in [0.1, 0.15) is 43.5 Å². The number of nitro groups is 1. The van der Waals surface area contributed by atoms with Crippen molar-refractivity contribution in [1.82, 2.24) is 19.2 Å². The number of benzene rings is 2. The van der Waals surface area contributed by atoms with Gasteiger partial charge in [0.05, 0.1) is 22.0 Å². The predicted molar refractivity (Wildman–Crippen MR) is 162 cm³/mol. The van der Waals surface area contributed by atoms with E-state index in [1.165, 1.54) is 16.8 Å². The highest BCUT2D eigenvalue weighted by Crippen LogP contribution is 2.26. The monoisotopic (exact) mass is 614 g/mol. The molecule has 0 spiro atoms. The van der Waals surface area contributed by atoms with E-state index in [0.29, 0.717) is 22.5 Å². The lowest BCUT2D eigenvalue weighted by Crippen LogP contribution is -2.29. The number of hydrogen-bond acceptors (Lipinski definition) is 7. The van der Waals surface area contributed by atoms with Crippen molar-refractivity contribution in [2.24, 2.45) is 5.10 Å². The number of aryl methyl sites for hydroxylation is 1. The van der Waals surface area contributed by atoms with Crippen LogP contribution in [0.2, 0.25) is 0 Å². The lowest BCUT2D eigenvalue weighted by molar-refractivity contribution is -0.385. The van der Waals surface area contributed by atoms with Gasteiger partial charge in [-0.15, -0.1) is 0 Å². The minimum Gasteiger partial charge on any atom is -0.439 e. The summed E-state index contributed by atoms with van der Waals surface area (Å²) in [6.45, 7) is 9.99. The first kappa shape index (κ1) is 27.9. The molecule has 0 amide bonds. The van der Waals surface area contributed by atoms with Gasteiger partial charge in [-0.3, -0.25) is 14.9 Å². The quantitative estimate of drug-likeness (QED) is 0.117. The Morgan fingerprint density at radius 3 is 2.41 bits per heavy atom. The first-order valence-corrected chi connectivity index (χ1v) is 13.6. The Labute approximate surface area is 244 Å². The van der Waals surface area contributed by atoms with Crippen LogP contribution in [0, 0.1) is 24.0 Å². The second-order valence-corrected chi connectivity index (χ2v) is 11.5. The van der Waals surface area contributed by atoms with Gasteiger partial charge in [-0.05, 0) is 62.4 Å². The van der Waals surface area contributed by atoms with Crippen LogP contribution in [0.4, 0.5) is 5.69 Å². The van der Waals surface area contributed by atoms with Crippen LogP contribution >= 0.6 is 15.9 Å². The van der Waals surface area contributed by atoms with Crippen molar-refractivity contribution in [3.05, 3.63) is 115 Å². The molecular formula is C30H27BrN6O4. The van der Waals surface area contributed by atoms with Gasteiger partial charge in [0.2, 0.25) is 5.88 Å². The van der Waals surface area contributed by atoms with Crippen LogP contribution in [0.5, 0.6) is 11.6 Å². The maximum atomic E-state index is 13.5. The van der Waals surface area contributed by atoms with Gasteiger partial charge in [0.15, 0.2) is 0 Å². The Balaban J connectivity index is 1.45. The molecule has 0 aliphatic heterocycles. The maximum Gasteiger partial charge on any atom is 0.287 e. The van der Waals surface area contributed by atoms with E-state index in [0.717, 1.165) is 33.3 Å². The summed E-state index contributed by atoms with van der Waals surface area (Å²) in [5.41, 5.74) is 3.58. The van der Waals surface area contributed by atoms with Crippen LogP contribution in [0.15, 0.2) is 81.2 Å². The average molecular weight is 615 g/mol. The van der Waals surface area contributed by atoms with Crippen molar-refractivity contribution < 1.29 is 9.66 Å². The predicted octanol–water partition coefficient (Wildman–Crippen LogP) is 6.84. The molecule has 208 valence electrons. The Hall–Kier alpha value is -4.64. The molecule has 5 aromatic rings. The van der Waals surface area contributed by atoms with Crippen molar-refractivity contribution in [2.45, 2.75) is 40.0 Å². The lowest BCUT2D eigenvalue weighted by Gasteiger charge is -2.20. The average Bonchev–Trinajstić information content (AvgIpc) is 3.21. The fraction of sp³-hybridized carbons (Fsp3) is 0.200. The van der Waals surface area contributed by atoms with E-state index in [4.69, 9.17) is 9.72 Å². The van der Waals surface area contributed by atoms with Crippen LogP contribution in [-0.2, 0) is 5.41 Å². The van der Waals surface area contributed by atoms with Gasteiger partial charge in [-0.25, -0.2) is 9.97 Å². The van der Waals surface area contributed by atoms with E-state index in [2.05, 4.69) is 30.6 Å². The summed E-state index contributed by atoms with van der Waals surface area (Å²) in [6, 6.07) is 17.7. The highest BCUT2D eigenvalue weighted by Gasteiger charge is 2.23. The molecule has 0 atom stereocenters. The minimum absolute atomic E-state index is 0.102. The van der Waals surface area contributed by atoms with Crippen LogP contribution < -0.4 is 10.3 Å². The zero-order valence-corrected chi connectivity index (χ0v) is 24.7. The third-order valence-corrected chi connectivity index (χ3v) is 7.00. The first-order chi connectivity index (χ1) is 19.4. The molecule has 0 bridgehead atoms. The number of hydrogen-bond donors (Lipinski definition) is 0. The van der Waals surface area contributed by atoms with E-state index >= 15 is 0 Å². The van der Waals surface area contributed by atoms with Gasteiger partial charge in [0.25, 0.3) is 11.2 Å². The molecule has 0 N–H and O–H groups in total. The van der Waals surface area contributed by atoms with Crippen molar-refractivity contribution in [3.8, 4) is 17.3 Å². The Kier molecular flexibility index (Phi) is 7.31. The largest absolute Gasteiger partial charge is 0.439 e. The van der Waals surface area contributed by atoms with Crippen molar-refractivity contribution in [1.29, 1.82) is 0 Å². The smallest absolute Gasteiger partial charge is 0.287 e. The fourth-order valence-corrected chi connectivity index (χ4v) is 4.86. The number of halogens is 1. The van der Waals surface area contributed by atoms with Crippen molar-refractivity contribution in [3.63, 3.8) is 0 Å². The van der Waals surface area contributed by atoms with E-state index in [9.17, 15) is 14.9 Å². The molecule has 0 fully saturated rings. The second kappa shape index (κ2) is 10.7. The zero-order valence-electron chi connectivity index (χ0n) is 23.1. The molecule has 0 unspecified atom stereocenters. The van der Waals surface area contributed by atoms with Crippen molar-refractivity contribution in [2.75, 3.05) is 0 Å². The summed E-state index contributed by atoms with van der Waals surface area (Å²) in [4.78, 5) is 32.6. The summed E-state index contributed by atoms with van der Waals surface area (Å²) in [7, 11) is 0. The normalized spacial score (nSPS) is 11.9. The lowest BCUT2D eigenvalue weighted by atomic mass is 9.95. The number of fused-ring (bicyclic) bond motifs is 1. The van der Waals surface area contributed by atoms with E-state index in [1.807, 2.05) is 65.0 Å². The van der Waals surface area contributed by atoms with E-state index in [-0.39, 0.29) is 17.1 Å². The maximum absolute atomic E-state index is 13.5. The molecule has 3 aromatic heterocycles. The Morgan fingerprint density at radius 1 is 1.05 bits per heavy atom. The van der Waals surface area contributed by atoms with Gasteiger partial charge >= 0.3 is 0 Å². The first-order valence-electron chi connectivity index (χ1n) is 12.8. The number of ether oxygens (including phenoxy) is 1. The molecule has 5 rings (SSSR count). The minimum atomic E-state index is -0.508. The molecule has 0 aliphatic rings.